The highest BCUT2D eigenvalue weighted by molar-refractivity contribution is 5.98. The number of likely N-dealkylation sites (tertiary alicyclic amines) is 1. The molecule has 1 N–H and O–H groups in total. The Morgan fingerprint density at radius 3 is 2.06 bits per heavy atom. The summed E-state index contributed by atoms with van der Waals surface area (Å²) in [6.07, 6.45) is 5.23. The van der Waals surface area contributed by atoms with Gasteiger partial charge in [0, 0.05) is 12.8 Å². The lowest BCUT2D eigenvalue weighted by Crippen LogP contribution is -2.51. The van der Waals surface area contributed by atoms with Crippen LogP contribution in [0.1, 0.15) is 52.4 Å². The monoisotopic (exact) mass is 239 g/mol. The molecular weight excluding hydrogens is 218 g/mol. The molecule has 4 heteroatoms. The van der Waals surface area contributed by atoms with Crippen LogP contribution in [0.2, 0.25) is 0 Å². The van der Waals surface area contributed by atoms with E-state index < -0.39 is 5.60 Å². The van der Waals surface area contributed by atoms with Gasteiger partial charge in [-0.1, -0.05) is 12.8 Å². The van der Waals surface area contributed by atoms with E-state index in [2.05, 4.69) is 0 Å². The van der Waals surface area contributed by atoms with Gasteiger partial charge in [0.1, 0.15) is 0 Å². The lowest BCUT2D eigenvalue weighted by Gasteiger charge is -2.39. The van der Waals surface area contributed by atoms with Crippen molar-refractivity contribution < 1.29 is 14.7 Å². The van der Waals surface area contributed by atoms with Gasteiger partial charge in [0.2, 0.25) is 11.8 Å². The van der Waals surface area contributed by atoms with Gasteiger partial charge in [-0.3, -0.25) is 14.5 Å². The summed E-state index contributed by atoms with van der Waals surface area (Å²) in [5, 5.41) is 9.72. The van der Waals surface area contributed by atoms with Gasteiger partial charge in [-0.05, 0) is 32.1 Å². The van der Waals surface area contributed by atoms with Crippen molar-refractivity contribution in [1.82, 2.24) is 4.90 Å². The van der Waals surface area contributed by atoms with Gasteiger partial charge in [-0.15, -0.1) is 0 Å². The van der Waals surface area contributed by atoms with E-state index in [-0.39, 0.29) is 23.8 Å². The standard InChI is InChI=1S/C13H21NO3/c1-12(2,17)9-14-10(15)7-13(8-11(14)16)5-3-4-6-13/h17H,3-9H2,1-2H3. The Labute approximate surface area is 102 Å². The highest BCUT2D eigenvalue weighted by atomic mass is 16.3. The molecule has 1 saturated carbocycles. The maximum atomic E-state index is 12.0. The van der Waals surface area contributed by atoms with Crippen LogP contribution in [-0.2, 0) is 9.59 Å². The Morgan fingerprint density at radius 1 is 1.18 bits per heavy atom. The summed E-state index contributed by atoms with van der Waals surface area (Å²) in [4.78, 5) is 25.3. The molecule has 1 saturated heterocycles. The summed E-state index contributed by atoms with van der Waals surface area (Å²) in [5.74, 6) is -0.212. The zero-order chi connectivity index (χ0) is 12.7. The maximum absolute atomic E-state index is 12.0. The van der Waals surface area contributed by atoms with Crippen LogP contribution in [0.25, 0.3) is 0 Å². The number of amides is 2. The number of carbonyl (C=O) groups excluding carboxylic acids is 2. The highest BCUT2D eigenvalue weighted by Crippen LogP contribution is 2.46. The molecule has 17 heavy (non-hydrogen) atoms. The first-order valence-corrected chi connectivity index (χ1v) is 6.37. The van der Waals surface area contributed by atoms with Gasteiger partial charge in [-0.2, -0.15) is 0 Å². The predicted molar refractivity (Wildman–Crippen MR) is 63.2 cm³/mol. The molecule has 0 bridgehead atoms. The number of piperidine rings is 1. The first-order valence-electron chi connectivity index (χ1n) is 6.37. The van der Waals surface area contributed by atoms with Crippen LogP contribution in [0.4, 0.5) is 0 Å². The zero-order valence-electron chi connectivity index (χ0n) is 10.7. The fraction of sp³-hybridized carbons (Fsp3) is 0.846. The van der Waals surface area contributed by atoms with Crippen LogP contribution in [0, 0.1) is 5.41 Å². The number of imide groups is 1. The third-order valence-corrected chi connectivity index (χ3v) is 3.86. The number of aliphatic hydroxyl groups is 1. The largest absolute Gasteiger partial charge is 0.389 e. The quantitative estimate of drug-likeness (QED) is 0.742. The zero-order valence-corrected chi connectivity index (χ0v) is 10.7. The molecule has 1 spiro atoms. The molecule has 0 radical (unpaired) electrons. The van der Waals surface area contributed by atoms with Gasteiger partial charge in [0.05, 0.1) is 12.1 Å². The fourth-order valence-corrected chi connectivity index (χ4v) is 3.08. The van der Waals surface area contributed by atoms with Gasteiger partial charge in [0.15, 0.2) is 0 Å². The van der Waals surface area contributed by atoms with E-state index >= 15 is 0 Å². The van der Waals surface area contributed by atoms with E-state index in [0.717, 1.165) is 25.7 Å². The van der Waals surface area contributed by atoms with Crippen LogP contribution >= 0.6 is 0 Å². The molecule has 0 aromatic rings. The second-order valence-corrected chi connectivity index (χ2v) is 6.25. The van der Waals surface area contributed by atoms with Crippen molar-refractivity contribution in [1.29, 1.82) is 0 Å². The number of hydrogen-bond acceptors (Lipinski definition) is 3. The van der Waals surface area contributed by atoms with Gasteiger partial charge in [0.25, 0.3) is 0 Å². The maximum Gasteiger partial charge on any atom is 0.229 e. The molecule has 1 heterocycles. The Balaban J connectivity index is 2.09. The first kappa shape index (κ1) is 12.6. The molecule has 2 fully saturated rings. The second kappa shape index (κ2) is 4.09. The van der Waals surface area contributed by atoms with Crippen molar-refractivity contribution in [3.05, 3.63) is 0 Å². The smallest absolute Gasteiger partial charge is 0.229 e. The van der Waals surface area contributed by atoms with Crippen molar-refractivity contribution in [2.75, 3.05) is 6.54 Å². The van der Waals surface area contributed by atoms with Crippen LogP contribution in [0.15, 0.2) is 0 Å². The van der Waals surface area contributed by atoms with E-state index in [1.807, 2.05) is 0 Å². The summed E-state index contributed by atoms with van der Waals surface area (Å²) < 4.78 is 0. The average molecular weight is 239 g/mol. The van der Waals surface area contributed by atoms with Crippen molar-refractivity contribution >= 4 is 11.8 Å². The van der Waals surface area contributed by atoms with E-state index in [9.17, 15) is 14.7 Å². The molecule has 2 rings (SSSR count). The first-order chi connectivity index (χ1) is 7.81. The van der Waals surface area contributed by atoms with Crippen LogP contribution < -0.4 is 0 Å². The lowest BCUT2D eigenvalue weighted by molar-refractivity contribution is -0.156. The Bertz CT molecular complexity index is 317. The summed E-state index contributed by atoms with van der Waals surface area (Å²) in [6.45, 7) is 3.35. The summed E-state index contributed by atoms with van der Waals surface area (Å²) in [5.41, 5.74) is -1.06. The molecule has 4 nitrogen and oxygen atoms in total. The van der Waals surface area contributed by atoms with Gasteiger partial charge in [-0.25, -0.2) is 0 Å². The molecule has 2 amide bonds. The molecule has 0 unspecified atom stereocenters. The molecule has 2 aliphatic rings. The summed E-state index contributed by atoms with van der Waals surface area (Å²) >= 11 is 0. The summed E-state index contributed by atoms with van der Waals surface area (Å²) in [7, 11) is 0. The minimum Gasteiger partial charge on any atom is -0.389 e. The van der Waals surface area contributed by atoms with Crippen molar-refractivity contribution in [2.24, 2.45) is 5.41 Å². The van der Waals surface area contributed by atoms with Gasteiger partial charge >= 0.3 is 0 Å². The number of carbonyl (C=O) groups is 2. The minimum absolute atomic E-state index is 0.0513. The number of rotatable bonds is 2. The van der Waals surface area contributed by atoms with E-state index in [1.165, 1.54) is 4.90 Å². The molecular formula is C13H21NO3. The van der Waals surface area contributed by atoms with Crippen molar-refractivity contribution in [3.63, 3.8) is 0 Å². The van der Waals surface area contributed by atoms with Crippen LogP contribution in [-0.4, -0.2) is 34.0 Å². The fourth-order valence-electron chi connectivity index (χ4n) is 3.08. The lowest BCUT2D eigenvalue weighted by atomic mass is 9.76. The van der Waals surface area contributed by atoms with E-state index in [1.54, 1.807) is 13.8 Å². The average Bonchev–Trinajstić information content (AvgIpc) is 2.59. The molecule has 96 valence electrons. The third kappa shape index (κ3) is 2.68. The third-order valence-electron chi connectivity index (χ3n) is 3.86. The topological polar surface area (TPSA) is 57.6 Å². The Hall–Kier alpha value is -0.900. The molecule has 1 aliphatic heterocycles. The van der Waals surface area contributed by atoms with Gasteiger partial charge < -0.3 is 5.11 Å². The van der Waals surface area contributed by atoms with E-state index in [4.69, 9.17) is 0 Å². The van der Waals surface area contributed by atoms with Crippen molar-refractivity contribution in [2.45, 2.75) is 58.0 Å². The molecule has 0 aromatic heterocycles. The minimum atomic E-state index is -1.01. The SMILES string of the molecule is CC(C)(O)CN1C(=O)CC2(CCCC2)CC1=O. The number of β-amino-alcohol motifs (C(OH)–C–C–N with tert-alkyl or cyclic N) is 1. The molecule has 0 atom stereocenters. The van der Waals surface area contributed by atoms with Crippen LogP contribution in [0.5, 0.6) is 0 Å². The summed E-state index contributed by atoms with van der Waals surface area (Å²) in [6, 6.07) is 0. The molecule has 1 aliphatic carbocycles. The second-order valence-electron chi connectivity index (χ2n) is 6.25. The number of hydrogen-bond donors (Lipinski definition) is 1. The van der Waals surface area contributed by atoms with Crippen molar-refractivity contribution in [3.8, 4) is 0 Å². The number of nitrogens with zero attached hydrogens (tertiary/aromatic N) is 1. The van der Waals surface area contributed by atoms with E-state index in [0.29, 0.717) is 12.8 Å². The molecule has 0 aromatic carbocycles. The highest BCUT2D eigenvalue weighted by Gasteiger charge is 2.45. The Morgan fingerprint density at radius 2 is 1.65 bits per heavy atom. The normalized spacial score (nSPS) is 24.8. The predicted octanol–water partition coefficient (Wildman–Crippen LogP) is 1.47. The Kier molecular flexibility index (Phi) is 3.02. The van der Waals surface area contributed by atoms with Crippen LogP contribution in [0.3, 0.4) is 0 Å².